The minimum absolute atomic E-state index is 0.0234. The zero-order valence-electron chi connectivity index (χ0n) is 12.3. The van der Waals surface area contributed by atoms with Gasteiger partial charge >= 0.3 is 0 Å². The van der Waals surface area contributed by atoms with Crippen LogP contribution < -0.4 is 5.32 Å². The normalized spacial score (nSPS) is 18.6. The first-order valence-corrected chi connectivity index (χ1v) is 7.97. The minimum Gasteiger partial charge on any atom is -0.357 e. The maximum Gasteiger partial charge on any atom is 0.202 e. The molecule has 1 aromatic carbocycles. The van der Waals surface area contributed by atoms with E-state index in [1.165, 1.54) is 29.1 Å². The molecule has 3 rings (SSSR count). The maximum absolute atomic E-state index is 4.63. The predicted molar refractivity (Wildman–Crippen MR) is 84.5 cm³/mol. The molecule has 1 atom stereocenters. The standard InChI is InChI=1S/C16H21N3S/c1-16(2,3)14-18-15(20-19-14)17-13-9-8-11-6-4-5-7-12(11)10-13/h4-7,13H,8-10H2,1-3H3,(H,17,18,19). The van der Waals surface area contributed by atoms with E-state index in [4.69, 9.17) is 0 Å². The van der Waals surface area contributed by atoms with Gasteiger partial charge in [-0.05, 0) is 30.4 Å². The summed E-state index contributed by atoms with van der Waals surface area (Å²) in [5.41, 5.74) is 2.99. The van der Waals surface area contributed by atoms with E-state index < -0.39 is 0 Å². The quantitative estimate of drug-likeness (QED) is 0.913. The van der Waals surface area contributed by atoms with E-state index in [2.05, 4.69) is 59.7 Å². The van der Waals surface area contributed by atoms with Crippen LogP contribution in [0.15, 0.2) is 24.3 Å². The molecule has 4 heteroatoms. The SMILES string of the molecule is CC(C)(C)c1nsc(NC2CCc3ccccc3C2)n1. The third-order valence-electron chi connectivity index (χ3n) is 3.77. The molecule has 0 radical (unpaired) electrons. The molecular formula is C16H21N3S. The fraction of sp³-hybridized carbons (Fsp3) is 0.500. The smallest absolute Gasteiger partial charge is 0.202 e. The number of anilines is 1. The molecular weight excluding hydrogens is 266 g/mol. The van der Waals surface area contributed by atoms with Crippen molar-refractivity contribution in [2.45, 2.75) is 51.5 Å². The highest BCUT2D eigenvalue weighted by Crippen LogP contribution is 2.26. The monoisotopic (exact) mass is 287 g/mol. The molecule has 1 N–H and O–H groups in total. The van der Waals surface area contributed by atoms with Gasteiger partial charge in [-0.1, -0.05) is 45.0 Å². The lowest BCUT2D eigenvalue weighted by atomic mass is 9.88. The van der Waals surface area contributed by atoms with Crippen molar-refractivity contribution in [2.75, 3.05) is 5.32 Å². The van der Waals surface area contributed by atoms with Gasteiger partial charge in [-0.2, -0.15) is 4.37 Å². The molecule has 20 heavy (non-hydrogen) atoms. The molecule has 1 aromatic heterocycles. The summed E-state index contributed by atoms with van der Waals surface area (Å²) in [6, 6.07) is 9.22. The highest BCUT2D eigenvalue weighted by atomic mass is 32.1. The highest BCUT2D eigenvalue weighted by Gasteiger charge is 2.22. The Morgan fingerprint density at radius 2 is 1.95 bits per heavy atom. The first kappa shape index (κ1) is 13.6. The Kier molecular flexibility index (Phi) is 3.50. The second kappa shape index (κ2) is 5.17. The Balaban J connectivity index is 1.69. The van der Waals surface area contributed by atoms with Crippen LogP contribution in [0.4, 0.5) is 5.13 Å². The van der Waals surface area contributed by atoms with Crippen molar-refractivity contribution in [3.05, 3.63) is 41.2 Å². The fourth-order valence-electron chi connectivity index (χ4n) is 2.58. The molecule has 0 spiro atoms. The summed E-state index contributed by atoms with van der Waals surface area (Å²) in [4.78, 5) is 4.63. The van der Waals surface area contributed by atoms with Crippen LogP contribution in [0, 0.1) is 0 Å². The number of nitrogens with one attached hydrogen (secondary N) is 1. The number of fused-ring (bicyclic) bond motifs is 1. The number of hydrogen-bond donors (Lipinski definition) is 1. The molecule has 1 aliphatic carbocycles. The zero-order valence-corrected chi connectivity index (χ0v) is 13.1. The Labute approximate surface area is 124 Å². The molecule has 0 fully saturated rings. The predicted octanol–water partition coefficient (Wildman–Crippen LogP) is 3.81. The van der Waals surface area contributed by atoms with Crippen LogP contribution in [0.5, 0.6) is 0 Å². The van der Waals surface area contributed by atoms with Crippen molar-refractivity contribution in [3.8, 4) is 0 Å². The summed E-state index contributed by atoms with van der Waals surface area (Å²) in [6.45, 7) is 6.45. The molecule has 1 heterocycles. The number of rotatable bonds is 2. The summed E-state index contributed by atoms with van der Waals surface area (Å²) in [5, 5.41) is 4.52. The lowest BCUT2D eigenvalue weighted by molar-refractivity contribution is 0.553. The fourth-order valence-corrected chi connectivity index (χ4v) is 3.42. The van der Waals surface area contributed by atoms with Gasteiger partial charge in [-0.15, -0.1) is 0 Å². The van der Waals surface area contributed by atoms with E-state index in [0.29, 0.717) is 6.04 Å². The number of aromatic nitrogens is 2. The topological polar surface area (TPSA) is 37.8 Å². The van der Waals surface area contributed by atoms with Crippen LogP contribution in [-0.4, -0.2) is 15.4 Å². The van der Waals surface area contributed by atoms with Crippen molar-refractivity contribution >= 4 is 16.7 Å². The van der Waals surface area contributed by atoms with Crippen LogP contribution in [0.3, 0.4) is 0 Å². The van der Waals surface area contributed by atoms with Crippen LogP contribution in [-0.2, 0) is 18.3 Å². The maximum atomic E-state index is 4.63. The average molecular weight is 287 g/mol. The van der Waals surface area contributed by atoms with Crippen LogP contribution in [0.1, 0.15) is 44.1 Å². The van der Waals surface area contributed by atoms with Gasteiger partial charge in [0.05, 0.1) is 0 Å². The van der Waals surface area contributed by atoms with Gasteiger partial charge in [-0.25, -0.2) is 4.98 Å². The molecule has 2 aromatic rings. The van der Waals surface area contributed by atoms with Crippen LogP contribution >= 0.6 is 11.5 Å². The molecule has 0 saturated carbocycles. The molecule has 0 saturated heterocycles. The number of hydrogen-bond acceptors (Lipinski definition) is 4. The van der Waals surface area contributed by atoms with E-state index in [1.807, 2.05) is 0 Å². The molecule has 0 aliphatic heterocycles. The van der Waals surface area contributed by atoms with Gasteiger partial charge in [0.2, 0.25) is 5.13 Å². The van der Waals surface area contributed by atoms with Crippen molar-refractivity contribution in [3.63, 3.8) is 0 Å². The number of benzene rings is 1. The van der Waals surface area contributed by atoms with Crippen molar-refractivity contribution in [1.29, 1.82) is 0 Å². The highest BCUT2D eigenvalue weighted by molar-refractivity contribution is 7.09. The second-order valence-corrected chi connectivity index (χ2v) is 7.28. The molecule has 0 amide bonds. The summed E-state index contributed by atoms with van der Waals surface area (Å²) in [6.07, 6.45) is 3.40. The second-order valence-electron chi connectivity index (χ2n) is 6.53. The lowest BCUT2D eigenvalue weighted by Gasteiger charge is -2.25. The van der Waals surface area contributed by atoms with E-state index >= 15 is 0 Å². The molecule has 1 unspecified atom stereocenters. The van der Waals surface area contributed by atoms with Crippen molar-refractivity contribution < 1.29 is 0 Å². The minimum atomic E-state index is 0.0234. The Morgan fingerprint density at radius 1 is 1.20 bits per heavy atom. The first-order chi connectivity index (χ1) is 9.52. The largest absolute Gasteiger partial charge is 0.357 e. The van der Waals surface area contributed by atoms with Gasteiger partial charge in [0.1, 0.15) is 5.82 Å². The van der Waals surface area contributed by atoms with Crippen LogP contribution in [0.2, 0.25) is 0 Å². The van der Waals surface area contributed by atoms with E-state index in [0.717, 1.165) is 23.8 Å². The van der Waals surface area contributed by atoms with Gasteiger partial charge in [0.25, 0.3) is 0 Å². The Bertz CT molecular complexity index is 598. The third-order valence-corrected chi connectivity index (χ3v) is 4.42. The Hall–Kier alpha value is -1.42. The summed E-state index contributed by atoms with van der Waals surface area (Å²) < 4.78 is 4.47. The van der Waals surface area contributed by atoms with Crippen molar-refractivity contribution in [2.24, 2.45) is 0 Å². The van der Waals surface area contributed by atoms with Crippen LogP contribution in [0.25, 0.3) is 0 Å². The van der Waals surface area contributed by atoms with Gasteiger partial charge < -0.3 is 5.32 Å². The zero-order chi connectivity index (χ0) is 14.2. The summed E-state index contributed by atoms with van der Waals surface area (Å²) >= 11 is 1.48. The van der Waals surface area contributed by atoms with Gasteiger partial charge in [-0.3, -0.25) is 0 Å². The number of aryl methyl sites for hydroxylation is 1. The summed E-state index contributed by atoms with van der Waals surface area (Å²) in [7, 11) is 0. The van der Waals surface area contributed by atoms with E-state index in [9.17, 15) is 0 Å². The van der Waals surface area contributed by atoms with Gasteiger partial charge in [0.15, 0.2) is 0 Å². The lowest BCUT2D eigenvalue weighted by Crippen LogP contribution is -2.27. The third kappa shape index (κ3) is 2.85. The summed E-state index contributed by atoms with van der Waals surface area (Å²) in [5.74, 6) is 0.932. The van der Waals surface area contributed by atoms with Gasteiger partial charge in [0, 0.05) is 23.0 Å². The van der Waals surface area contributed by atoms with Crippen molar-refractivity contribution in [1.82, 2.24) is 9.36 Å². The first-order valence-electron chi connectivity index (χ1n) is 7.20. The number of nitrogens with zero attached hydrogens (tertiary/aromatic N) is 2. The Morgan fingerprint density at radius 3 is 2.65 bits per heavy atom. The molecule has 0 bridgehead atoms. The molecule has 3 nitrogen and oxygen atoms in total. The van der Waals surface area contributed by atoms with E-state index in [1.54, 1.807) is 0 Å². The molecule has 1 aliphatic rings. The average Bonchev–Trinajstić information content (AvgIpc) is 2.87. The molecule has 106 valence electrons. The van der Waals surface area contributed by atoms with E-state index in [-0.39, 0.29) is 5.41 Å².